The fourth-order valence-electron chi connectivity index (χ4n) is 9.22. The molecule has 2 aliphatic carbocycles. The van der Waals surface area contributed by atoms with Crippen molar-refractivity contribution in [2.24, 2.45) is 17.8 Å². The number of fused-ring (bicyclic) bond motifs is 5. The lowest BCUT2D eigenvalue weighted by atomic mass is 9.82. The summed E-state index contributed by atoms with van der Waals surface area (Å²) in [5.41, 5.74) is -4.07. The number of halogens is 4. The van der Waals surface area contributed by atoms with Crippen molar-refractivity contribution in [2.75, 3.05) is 38.3 Å². The Morgan fingerprint density at radius 3 is 2.52 bits per heavy atom. The number of carbonyl (C=O) groups is 4. The zero-order valence-electron chi connectivity index (χ0n) is 35.3. The van der Waals surface area contributed by atoms with Crippen molar-refractivity contribution in [2.45, 2.75) is 119 Å². The van der Waals surface area contributed by atoms with Gasteiger partial charge in [-0.15, -0.1) is 0 Å². The molecule has 0 bridgehead atoms. The van der Waals surface area contributed by atoms with Gasteiger partial charge >= 0.3 is 12.3 Å². The van der Waals surface area contributed by atoms with Gasteiger partial charge in [0.1, 0.15) is 47.3 Å². The summed E-state index contributed by atoms with van der Waals surface area (Å²) < 4.78 is 97.7. The molecule has 1 aromatic carbocycles. The van der Waals surface area contributed by atoms with E-state index < -0.39 is 99.1 Å². The number of hydrogen-bond donors (Lipinski definition) is 3. The van der Waals surface area contributed by atoms with Gasteiger partial charge in [0, 0.05) is 36.4 Å². The molecule has 62 heavy (non-hydrogen) atoms. The van der Waals surface area contributed by atoms with Gasteiger partial charge in [-0.05, 0) is 82.4 Å². The molecule has 4 amide bonds. The summed E-state index contributed by atoms with van der Waals surface area (Å²) in [5.74, 6) is -4.24. The van der Waals surface area contributed by atoms with E-state index in [1.807, 2.05) is 29.7 Å². The first-order chi connectivity index (χ1) is 29.1. The van der Waals surface area contributed by atoms with E-state index in [-0.39, 0.29) is 55.2 Å². The molecule has 1 saturated heterocycles. The van der Waals surface area contributed by atoms with Crippen molar-refractivity contribution >= 4 is 50.3 Å². The largest absolute Gasteiger partial charge is 0.489 e. The van der Waals surface area contributed by atoms with Crippen molar-refractivity contribution in [1.29, 1.82) is 0 Å². The molecule has 1 aromatic heterocycles. The van der Waals surface area contributed by atoms with E-state index in [0.29, 0.717) is 56.4 Å². The second kappa shape index (κ2) is 16.3. The minimum absolute atomic E-state index is 0.00402. The number of ether oxygens (including phenoxy) is 2. The Kier molecular flexibility index (Phi) is 11.9. The predicted molar refractivity (Wildman–Crippen MR) is 219 cm³/mol. The van der Waals surface area contributed by atoms with Crippen LogP contribution < -0.4 is 24.4 Å². The van der Waals surface area contributed by atoms with Gasteiger partial charge in [0.15, 0.2) is 5.75 Å². The third-order valence-corrected chi connectivity index (χ3v) is 15.7. The molecule has 0 unspecified atom stereocenters. The normalized spacial score (nSPS) is 28.9. The van der Waals surface area contributed by atoms with Gasteiger partial charge in [0.25, 0.3) is 5.91 Å². The third kappa shape index (κ3) is 7.99. The van der Waals surface area contributed by atoms with Crippen LogP contribution in [0, 0.1) is 17.8 Å². The van der Waals surface area contributed by atoms with E-state index in [1.54, 1.807) is 31.2 Å². The van der Waals surface area contributed by atoms with Gasteiger partial charge in [-0.25, -0.2) is 22.6 Å². The van der Waals surface area contributed by atoms with Crippen LogP contribution in [0.2, 0.25) is 0 Å². The zero-order valence-corrected chi connectivity index (χ0v) is 36.2. The highest BCUT2D eigenvalue weighted by atomic mass is 32.2. The summed E-state index contributed by atoms with van der Waals surface area (Å²) in [6.45, 7) is 4.37. The average Bonchev–Trinajstić information content (AvgIpc) is 4.11. The Hall–Kier alpha value is -4.88. The molecule has 15 nitrogen and oxygen atoms in total. The molecule has 0 radical (unpaired) electrons. The quantitative estimate of drug-likeness (QED) is 0.218. The Morgan fingerprint density at radius 2 is 1.87 bits per heavy atom. The second-order valence-corrected chi connectivity index (χ2v) is 20.1. The lowest BCUT2D eigenvalue weighted by Gasteiger charge is -2.46. The minimum atomic E-state index is -5.12. The number of pyridine rings is 1. The number of amides is 4. The zero-order chi connectivity index (χ0) is 45.2. The molecule has 340 valence electrons. The summed E-state index contributed by atoms with van der Waals surface area (Å²) in [4.78, 5) is 64.7. The SMILES string of the molecule is CC[C@@H]1C[C@H](C)CCC=C[C@@H]2C[C@@]2(C(=O)NS(=O)(=O)C2(CF)CC2)NC(=O)[C@@H]2C[C@@H](Oc3nccc4c5c(ccc34)N(C)CCO5)CN2C(=O)[C@H]1N(C(=O)O)C(C)(C)C(F)(F)F. The van der Waals surface area contributed by atoms with Crippen LogP contribution in [-0.2, 0) is 24.4 Å². The highest BCUT2D eigenvalue weighted by Gasteiger charge is 2.64. The number of hydrogen-bond acceptors (Lipinski definition) is 10. The van der Waals surface area contributed by atoms with Crippen molar-refractivity contribution in [3.8, 4) is 11.6 Å². The number of nitrogens with zero attached hydrogens (tertiary/aromatic N) is 4. The maximum absolute atomic E-state index is 15.2. The fourth-order valence-corrected chi connectivity index (χ4v) is 10.6. The van der Waals surface area contributed by atoms with Crippen LogP contribution >= 0.6 is 0 Å². The number of carbonyl (C=O) groups excluding carboxylic acids is 3. The third-order valence-electron chi connectivity index (χ3n) is 13.6. The molecule has 0 spiro atoms. The first kappa shape index (κ1) is 45.2. The van der Waals surface area contributed by atoms with Gasteiger partial charge in [-0.2, -0.15) is 13.2 Å². The maximum Gasteiger partial charge on any atom is 0.411 e. The number of alkyl halides is 4. The van der Waals surface area contributed by atoms with Gasteiger partial charge in [0.05, 0.1) is 18.8 Å². The van der Waals surface area contributed by atoms with E-state index >= 15 is 4.79 Å². The van der Waals surface area contributed by atoms with E-state index in [1.165, 1.54) is 6.20 Å². The molecule has 7 atom stereocenters. The number of sulfonamides is 1. The lowest BCUT2D eigenvalue weighted by Crippen LogP contribution is -2.66. The summed E-state index contributed by atoms with van der Waals surface area (Å²) in [7, 11) is -2.59. The molecular formula is C42H54F4N6O9S. The molecule has 5 aliphatic rings. The predicted octanol–water partition coefficient (Wildman–Crippen LogP) is 5.33. The number of carboxylic acid groups (broad SMARTS) is 1. The summed E-state index contributed by atoms with van der Waals surface area (Å²) in [6, 6.07) is 1.91. The molecule has 2 saturated carbocycles. The van der Waals surface area contributed by atoms with Crippen molar-refractivity contribution in [1.82, 2.24) is 24.8 Å². The number of aromatic nitrogens is 1. The van der Waals surface area contributed by atoms with Crippen LogP contribution in [0.3, 0.4) is 0 Å². The number of allylic oxidation sites excluding steroid dienone is 1. The number of rotatable bonds is 9. The van der Waals surface area contributed by atoms with Crippen LogP contribution in [-0.4, -0.2) is 126 Å². The van der Waals surface area contributed by atoms with Gasteiger partial charge < -0.3 is 29.7 Å². The summed E-state index contributed by atoms with van der Waals surface area (Å²) >= 11 is 0. The van der Waals surface area contributed by atoms with Gasteiger partial charge in [0.2, 0.25) is 27.7 Å². The summed E-state index contributed by atoms with van der Waals surface area (Å²) in [5, 5.41) is 14.5. The van der Waals surface area contributed by atoms with Crippen LogP contribution in [0.5, 0.6) is 11.6 Å². The van der Waals surface area contributed by atoms with Crippen molar-refractivity contribution < 1.29 is 59.7 Å². The lowest BCUT2D eigenvalue weighted by molar-refractivity contribution is -0.222. The standard InChI is InChI=1S/C42H54F4N6O9S/c1-6-25-19-24(2)9-7-8-10-26-21-41(26,37(55)49-62(58,59)40(23-43)14-15-40)48-34(53)31-20-27(22-51(31)36(54)32(25)52(38(56)57)39(3,4)42(44,45)46)61-35-29-11-12-30-33(28(29)13-16-47-35)60-18-17-50(30)5/h8,10-13,16,24-27,31-32H,6-7,9,14-15,17-23H2,1-5H3,(H,48,53)(H,49,55)(H,56,57)/t24-,25-,26-,27-,31+,32+,41-/m1/s1. The maximum atomic E-state index is 15.2. The van der Waals surface area contributed by atoms with E-state index in [0.717, 1.165) is 10.6 Å². The van der Waals surface area contributed by atoms with Crippen molar-refractivity contribution in [3.63, 3.8) is 0 Å². The number of nitrogens with one attached hydrogen (secondary N) is 2. The smallest absolute Gasteiger partial charge is 0.411 e. The summed E-state index contributed by atoms with van der Waals surface area (Å²) in [6.07, 6.45) is -2.31. The van der Waals surface area contributed by atoms with Crippen LogP contribution in [0.15, 0.2) is 36.5 Å². The molecule has 7 rings (SSSR count). The number of anilines is 1. The number of benzene rings is 1. The van der Waals surface area contributed by atoms with Crippen LogP contribution in [0.25, 0.3) is 10.8 Å². The minimum Gasteiger partial charge on any atom is -0.489 e. The monoisotopic (exact) mass is 894 g/mol. The second-order valence-electron chi connectivity index (χ2n) is 18.1. The van der Waals surface area contributed by atoms with E-state index in [4.69, 9.17) is 9.47 Å². The Morgan fingerprint density at radius 1 is 1.15 bits per heavy atom. The molecule has 2 aromatic rings. The highest BCUT2D eigenvalue weighted by molar-refractivity contribution is 7.91. The van der Waals surface area contributed by atoms with E-state index in [2.05, 4.69) is 10.3 Å². The first-order valence-corrected chi connectivity index (χ1v) is 22.5. The molecule has 3 aliphatic heterocycles. The molecule has 4 heterocycles. The molecule has 3 N–H and O–H groups in total. The van der Waals surface area contributed by atoms with Crippen molar-refractivity contribution in [3.05, 3.63) is 36.5 Å². The van der Waals surface area contributed by atoms with E-state index in [9.17, 15) is 45.5 Å². The molecule has 20 heteroatoms. The topological polar surface area (TPSA) is 188 Å². The Bertz CT molecular complexity index is 2260. The van der Waals surface area contributed by atoms with Gasteiger partial charge in [-0.3, -0.25) is 24.0 Å². The van der Waals surface area contributed by atoms with Crippen LogP contribution in [0.1, 0.15) is 79.1 Å². The van der Waals surface area contributed by atoms with Crippen LogP contribution in [0.4, 0.5) is 28.0 Å². The Balaban J connectivity index is 1.30. The molecular weight excluding hydrogens is 841 g/mol. The fraction of sp³-hybridized carbons (Fsp3) is 0.643. The first-order valence-electron chi connectivity index (χ1n) is 21.0. The highest BCUT2D eigenvalue weighted by Crippen LogP contribution is 2.49. The number of likely N-dealkylation sites (N-methyl/N-ethyl adjacent to an activating group) is 1. The molecule has 3 fully saturated rings. The average molecular weight is 895 g/mol. The Labute approximate surface area is 357 Å². The van der Waals surface area contributed by atoms with Gasteiger partial charge in [-0.1, -0.05) is 32.4 Å².